The van der Waals surface area contributed by atoms with Crippen LogP contribution in [-0.2, 0) is 0 Å². The van der Waals surface area contributed by atoms with Gasteiger partial charge in [0, 0.05) is 19.1 Å². The minimum absolute atomic E-state index is 0.735. The van der Waals surface area contributed by atoms with Gasteiger partial charge in [0.1, 0.15) is 5.82 Å². The normalized spacial score (nSPS) is 24.4. The first-order chi connectivity index (χ1) is 8.72. The van der Waals surface area contributed by atoms with Crippen LogP contribution in [0.4, 0.5) is 11.5 Å². The summed E-state index contributed by atoms with van der Waals surface area (Å²) in [6, 6.07) is 2.88. The number of likely N-dealkylation sites (tertiary alicyclic amines) is 1. The van der Waals surface area contributed by atoms with Gasteiger partial charge in [0.2, 0.25) is 0 Å². The molecule has 4 nitrogen and oxygen atoms in total. The Morgan fingerprint density at radius 3 is 3.00 bits per heavy atom. The molecule has 1 atom stereocenters. The Hall–Kier alpha value is -1.29. The van der Waals surface area contributed by atoms with E-state index in [2.05, 4.69) is 22.1 Å². The average Bonchev–Trinajstić information content (AvgIpc) is 3.08. The molecule has 4 heteroatoms. The first-order valence-electron chi connectivity index (χ1n) is 6.92. The molecule has 3 N–H and O–H groups in total. The van der Waals surface area contributed by atoms with Crippen molar-refractivity contribution < 1.29 is 0 Å². The smallest absolute Gasteiger partial charge is 0.129 e. The molecular formula is C14H22N4. The Labute approximate surface area is 109 Å². The fourth-order valence-electron chi connectivity index (χ4n) is 2.82. The number of nitrogens with one attached hydrogen (secondary N) is 1. The molecule has 18 heavy (non-hydrogen) atoms. The Morgan fingerprint density at radius 2 is 2.28 bits per heavy atom. The highest BCUT2D eigenvalue weighted by atomic mass is 15.2. The number of pyridine rings is 1. The Bertz CT molecular complexity index is 428. The van der Waals surface area contributed by atoms with Crippen LogP contribution in [-0.4, -0.2) is 35.6 Å². The molecule has 2 aliphatic rings. The van der Waals surface area contributed by atoms with Crippen LogP contribution in [0.3, 0.4) is 0 Å². The predicted molar refractivity (Wildman–Crippen MR) is 74.6 cm³/mol. The van der Waals surface area contributed by atoms with E-state index in [0.717, 1.165) is 35.6 Å². The van der Waals surface area contributed by atoms with Crippen molar-refractivity contribution in [1.29, 1.82) is 0 Å². The molecule has 0 spiro atoms. The van der Waals surface area contributed by atoms with E-state index in [9.17, 15) is 0 Å². The lowest BCUT2D eigenvalue weighted by molar-refractivity contribution is 0.316. The quantitative estimate of drug-likeness (QED) is 0.851. The Morgan fingerprint density at radius 1 is 1.44 bits per heavy atom. The van der Waals surface area contributed by atoms with Crippen LogP contribution in [0.5, 0.6) is 0 Å². The molecule has 0 aromatic carbocycles. The van der Waals surface area contributed by atoms with Gasteiger partial charge in [0.15, 0.2) is 0 Å². The van der Waals surface area contributed by atoms with E-state index < -0.39 is 0 Å². The van der Waals surface area contributed by atoms with Crippen molar-refractivity contribution in [2.24, 2.45) is 5.92 Å². The van der Waals surface area contributed by atoms with Crippen molar-refractivity contribution in [3.8, 4) is 0 Å². The SMILES string of the molecule is Cc1cc(N)cnc1NCC1CCN(C2CC2)C1. The second-order valence-corrected chi connectivity index (χ2v) is 5.70. The van der Waals surface area contributed by atoms with Gasteiger partial charge in [0.05, 0.1) is 11.9 Å². The predicted octanol–water partition coefficient (Wildman–Crippen LogP) is 1.87. The summed E-state index contributed by atoms with van der Waals surface area (Å²) in [5, 5.41) is 3.47. The van der Waals surface area contributed by atoms with Gasteiger partial charge in [0.25, 0.3) is 0 Å². The van der Waals surface area contributed by atoms with Crippen molar-refractivity contribution in [2.75, 3.05) is 30.7 Å². The molecule has 2 heterocycles. The molecule has 98 valence electrons. The monoisotopic (exact) mass is 246 g/mol. The van der Waals surface area contributed by atoms with E-state index in [1.165, 1.54) is 32.4 Å². The minimum atomic E-state index is 0.735. The number of aromatic nitrogens is 1. The van der Waals surface area contributed by atoms with Crippen molar-refractivity contribution in [3.63, 3.8) is 0 Å². The first kappa shape index (κ1) is 11.8. The number of aryl methyl sites for hydroxylation is 1. The second kappa shape index (κ2) is 4.76. The van der Waals surface area contributed by atoms with Crippen LogP contribution < -0.4 is 11.1 Å². The average molecular weight is 246 g/mol. The van der Waals surface area contributed by atoms with E-state index in [-0.39, 0.29) is 0 Å². The summed E-state index contributed by atoms with van der Waals surface area (Å²) in [7, 11) is 0. The summed E-state index contributed by atoms with van der Waals surface area (Å²) in [5.41, 5.74) is 7.57. The zero-order valence-electron chi connectivity index (χ0n) is 11.0. The van der Waals surface area contributed by atoms with Crippen LogP contribution in [0.2, 0.25) is 0 Å². The third-order valence-corrected chi connectivity index (χ3v) is 4.04. The molecule has 1 aliphatic heterocycles. The molecule has 0 amide bonds. The third kappa shape index (κ3) is 2.58. The van der Waals surface area contributed by atoms with Crippen molar-refractivity contribution in [1.82, 2.24) is 9.88 Å². The Kier molecular flexibility index (Phi) is 3.12. The maximum Gasteiger partial charge on any atom is 0.129 e. The summed E-state index contributed by atoms with van der Waals surface area (Å²) in [6.45, 7) is 5.62. The van der Waals surface area contributed by atoms with Crippen molar-refractivity contribution in [3.05, 3.63) is 17.8 Å². The van der Waals surface area contributed by atoms with Gasteiger partial charge < -0.3 is 16.0 Å². The molecule has 0 radical (unpaired) electrons. The van der Waals surface area contributed by atoms with Crippen molar-refractivity contribution >= 4 is 11.5 Å². The molecule has 1 aromatic heterocycles. The van der Waals surface area contributed by atoms with Crippen LogP contribution in [0, 0.1) is 12.8 Å². The molecular weight excluding hydrogens is 224 g/mol. The van der Waals surface area contributed by atoms with Crippen LogP contribution in [0.15, 0.2) is 12.3 Å². The highest BCUT2D eigenvalue weighted by Gasteiger charge is 2.34. The molecule has 1 aliphatic carbocycles. The van der Waals surface area contributed by atoms with Gasteiger partial charge in [-0.15, -0.1) is 0 Å². The fourth-order valence-corrected chi connectivity index (χ4v) is 2.82. The standard InChI is InChI=1S/C14H22N4/c1-10-6-12(15)8-17-14(10)16-7-11-4-5-18(9-11)13-2-3-13/h6,8,11,13H,2-5,7,9,15H2,1H3,(H,16,17). The zero-order valence-corrected chi connectivity index (χ0v) is 11.0. The van der Waals surface area contributed by atoms with E-state index in [0.29, 0.717) is 0 Å². The zero-order chi connectivity index (χ0) is 12.5. The largest absolute Gasteiger partial charge is 0.397 e. The number of rotatable bonds is 4. The van der Waals surface area contributed by atoms with Gasteiger partial charge in [-0.1, -0.05) is 0 Å². The lowest BCUT2D eigenvalue weighted by atomic mass is 10.1. The summed E-state index contributed by atoms with van der Waals surface area (Å²) in [4.78, 5) is 7.00. The van der Waals surface area contributed by atoms with E-state index >= 15 is 0 Å². The van der Waals surface area contributed by atoms with Gasteiger partial charge in [-0.05, 0) is 50.3 Å². The maximum absolute atomic E-state index is 5.71. The first-order valence-corrected chi connectivity index (χ1v) is 6.92. The number of nitrogens with two attached hydrogens (primary N) is 1. The second-order valence-electron chi connectivity index (χ2n) is 5.70. The highest BCUT2D eigenvalue weighted by molar-refractivity contribution is 5.50. The number of hydrogen-bond donors (Lipinski definition) is 2. The fraction of sp³-hybridized carbons (Fsp3) is 0.643. The molecule has 1 unspecified atom stereocenters. The minimum Gasteiger partial charge on any atom is -0.397 e. The van der Waals surface area contributed by atoms with E-state index in [1.54, 1.807) is 6.20 Å². The van der Waals surface area contributed by atoms with E-state index in [1.807, 2.05) is 6.07 Å². The molecule has 1 aromatic rings. The lowest BCUT2D eigenvalue weighted by Gasteiger charge is -2.16. The van der Waals surface area contributed by atoms with E-state index in [4.69, 9.17) is 5.73 Å². The molecule has 1 saturated carbocycles. The molecule has 0 bridgehead atoms. The molecule has 2 fully saturated rings. The van der Waals surface area contributed by atoms with Gasteiger partial charge in [-0.2, -0.15) is 0 Å². The number of hydrogen-bond acceptors (Lipinski definition) is 4. The third-order valence-electron chi connectivity index (χ3n) is 4.04. The summed E-state index contributed by atoms with van der Waals surface area (Å²) < 4.78 is 0. The summed E-state index contributed by atoms with van der Waals surface area (Å²) >= 11 is 0. The van der Waals surface area contributed by atoms with Crippen LogP contribution in [0.25, 0.3) is 0 Å². The number of nitrogens with zero attached hydrogens (tertiary/aromatic N) is 2. The van der Waals surface area contributed by atoms with Gasteiger partial charge >= 0.3 is 0 Å². The molecule has 3 rings (SSSR count). The molecule has 1 saturated heterocycles. The Balaban J connectivity index is 1.51. The van der Waals surface area contributed by atoms with Gasteiger partial charge in [-0.25, -0.2) is 4.98 Å². The number of anilines is 2. The summed E-state index contributed by atoms with van der Waals surface area (Å²) in [5.74, 6) is 1.75. The summed E-state index contributed by atoms with van der Waals surface area (Å²) in [6.07, 6.45) is 5.87. The maximum atomic E-state index is 5.71. The highest BCUT2D eigenvalue weighted by Crippen LogP contribution is 2.31. The number of nitrogen functional groups attached to an aromatic ring is 1. The van der Waals surface area contributed by atoms with Crippen molar-refractivity contribution in [2.45, 2.75) is 32.2 Å². The topological polar surface area (TPSA) is 54.2 Å². The van der Waals surface area contributed by atoms with Crippen LogP contribution >= 0.6 is 0 Å². The lowest BCUT2D eigenvalue weighted by Crippen LogP contribution is -2.25. The van der Waals surface area contributed by atoms with Gasteiger partial charge in [-0.3, -0.25) is 0 Å². The van der Waals surface area contributed by atoms with Crippen LogP contribution in [0.1, 0.15) is 24.8 Å².